The summed E-state index contributed by atoms with van der Waals surface area (Å²) in [6.07, 6.45) is 4.42. The summed E-state index contributed by atoms with van der Waals surface area (Å²) in [5.74, 6) is 0. The number of fused-ring (bicyclic) bond motifs is 1. The third kappa shape index (κ3) is 1.87. The van der Waals surface area contributed by atoms with E-state index in [0.29, 0.717) is 0 Å². The molecule has 0 bridgehead atoms. The fourth-order valence-corrected chi connectivity index (χ4v) is 2.33. The molecule has 0 radical (unpaired) electrons. The highest BCUT2D eigenvalue weighted by atomic mass is 14.7. The Morgan fingerprint density at radius 2 is 1.88 bits per heavy atom. The van der Waals surface area contributed by atoms with Crippen molar-refractivity contribution >= 4 is 10.9 Å². The van der Waals surface area contributed by atoms with Gasteiger partial charge in [0, 0.05) is 17.1 Å². The largest absolute Gasteiger partial charge is 0.361 e. The van der Waals surface area contributed by atoms with E-state index in [1.165, 1.54) is 34.9 Å². The van der Waals surface area contributed by atoms with E-state index in [-0.39, 0.29) is 5.41 Å². The predicted octanol–water partition coefficient (Wildman–Crippen LogP) is 4.42. The molecular weight excluding hydrogens is 194 g/mol. The molecule has 0 amide bonds. The van der Waals surface area contributed by atoms with Crippen LogP contribution in [-0.4, -0.2) is 4.98 Å². The second-order valence-corrected chi connectivity index (χ2v) is 5.54. The highest BCUT2D eigenvalue weighted by Crippen LogP contribution is 2.31. The van der Waals surface area contributed by atoms with Gasteiger partial charge in [-0.05, 0) is 29.0 Å². The molecule has 0 spiro atoms. The minimum absolute atomic E-state index is 0.202. The van der Waals surface area contributed by atoms with Crippen molar-refractivity contribution in [2.24, 2.45) is 0 Å². The van der Waals surface area contributed by atoms with Crippen LogP contribution < -0.4 is 0 Å². The Morgan fingerprint density at radius 1 is 1.12 bits per heavy atom. The third-order valence-corrected chi connectivity index (χ3v) is 3.14. The molecule has 1 heteroatoms. The van der Waals surface area contributed by atoms with Crippen LogP contribution in [0, 0.1) is 0 Å². The molecule has 2 aromatic rings. The molecule has 2 rings (SSSR count). The van der Waals surface area contributed by atoms with Gasteiger partial charge in [0.25, 0.3) is 0 Å². The molecule has 0 aliphatic heterocycles. The number of aromatic nitrogens is 1. The summed E-state index contributed by atoms with van der Waals surface area (Å²) < 4.78 is 0. The maximum atomic E-state index is 3.39. The number of aromatic amines is 1. The number of hydrogen-bond acceptors (Lipinski definition) is 0. The van der Waals surface area contributed by atoms with Crippen LogP contribution in [0.15, 0.2) is 24.4 Å². The Kier molecular flexibility index (Phi) is 2.79. The molecule has 1 aromatic heterocycles. The molecule has 86 valence electrons. The van der Waals surface area contributed by atoms with Crippen molar-refractivity contribution in [2.75, 3.05) is 0 Å². The summed E-state index contributed by atoms with van der Waals surface area (Å²) in [4.78, 5) is 3.39. The number of benzene rings is 1. The fraction of sp³-hybridized carbons (Fsp3) is 0.467. The Balaban J connectivity index is 2.64. The average molecular weight is 215 g/mol. The number of aryl methyl sites for hydroxylation is 1. The maximum Gasteiger partial charge on any atom is 0.0494 e. The first-order chi connectivity index (χ1) is 7.54. The van der Waals surface area contributed by atoms with Crippen LogP contribution in [0.1, 0.15) is 45.2 Å². The first-order valence-electron chi connectivity index (χ1n) is 6.13. The van der Waals surface area contributed by atoms with Crippen molar-refractivity contribution < 1.29 is 0 Å². The van der Waals surface area contributed by atoms with E-state index in [0.717, 1.165) is 0 Å². The highest BCUT2D eigenvalue weighted by molar-refractivity contribution is 5.86. The maximum absolute atomic E-state index is 3.39. The van der Waals surface area contributed by atoms with Crippen LogP contribution in [-0.2, 0) is 11.8 Å². The van der Waals surface area contributed by atoms with Crippen molar-refractivity contribution in [1.29, 1.82) is 0 Å². The minimum atomic E-state index is 0.202. The lowest BCUT2D eigenvalue weighted by atomic mass is 9.84. The van der Waals surface area contributed by atoms with Gasteiger partial charge in [0.1, 0.15) is 0 Å². The van der Waals surface area contributed by atoms with Gasteiger partial charge in [0.15, 0.2) is 0 Å². The van der Waals surface area contributed by atoms with E-state index in [1.54, 1.807) is 0 Å². The van der Waals surface area contributed by atoms with Crippen LogP contribution in [0.4, 0.5) is 0 Å². The van der Waals surface area contributed by atoms with Gasteiger partial charge >= 0.3 is 0 Å². The van der Waals surface area contributed by atoms with Crippen molar-refractivity contribution in [1.82, 2.24) is 4.98 Å². The topological polar surface area (TPSA) is 15.8 Å². The lowest BCUT2D eigenvalue weighted by Gasteiger charge is -2.21. The van der Waals surface area contributed by atoms with Crippen molar-refractivity contribution in [2.45, 2.75) is 46.0 Å². The summed E-state index contributed by atoms with van der Waals surface area (Å²) in [7, 11) is 0. The number of nitrogens with one attached hydrogen (secondary N) is 1. The zero-order valence-electron chi connectivity index (χ0n) is 10.7. The molecule has 1 heterocycles. The summed E-state index contributed by atoms with van der Waals surface area (Å²) >= 11 is 0. The van der Waals surface area contributed by atoms with E-state index < -0.39 is 0 Å². The molecule has 1 N–H and O–H groups in total. The molecular formula is C15H21N. The molecule has 0 aliphatic rings. The summed E-state index contributed by atoms with van der Waals surface area (Å²) in [6, 6.07) is 6.78. The Labute approximate surface area is 97.9 Å². The van der Waals surface area contributed by atoms with Gasteiger partial charge in [-0.15, -0.1) is 0 Å². The third-order valence-electron chi connectivity index (χ3n) is 3.14. The van der Waals surface area contributed by atoms with Gasteiger partial charge in [-0.3, -0.25) is 0 Å². The minimum Gasteiger partial charge on any atom is -0.361 e. The van der Waals surface area contributed by atoms with Crippen LogP contribution in [0.25, 0.3) is 10.9 Å². The monoisotopic (exact) mass is 215 g/mol. The van der Waals surface area contributed by atoms with E-state index in [9.17, 15) is 0 Å². The van der Waals surface area contributed by atoms with Crippen molar-refractivity contribution in [3.05, 3.63) is 35.5 Å². The Hall–Kier alpha value is -1.24. The lowest BCUT2D eigenvalue weighted by molar-refractivity contribution is 0.594. The van der Waals surface area contributed by atoms with Gasteiger partial charge in [-0.2, -0.15) is 0 Å². The number of rotatable bonds is 2. The van der Waals surface area contributed by atoms with Gasteiger partial charge in [0.2, 0.25) is 0 Å². The zero-order chi connectivity index (χ0) is 11.8. The highest BCUT2D eigenvalue weighted by Gasteiger charge is 2.18. The van der Waals surface area contributed by atoms with E-state index in [4.69, 9.17) is 0 Å². The SMILES string of the molecule is CCCc1ccc(C(C)(C)C)c2[nH]ccc12. The molecule has 0 fully saturated rings. The second-order valence-electron chi connectivity index (χ2n) is 5.54. The quantitative estimate of drug-likeness (QED) is 0.763. The van der Waals surface area contributed by atoms with Crippen molar-refractivity contribution in [3.8, 4) is 0 Å². The predicted molar refractivity (Wildman–Crippen MR) is 71.0 cm³/mol. The smallest absolute Gasteiger partial charge is 0.0494 e. The van der Waals surface area contributed by atoms with E-state index >= 15 is 0 Å². The van der Waals surface area contributed by atoms with Gasteiger partial charge < -0.3 is 4.98 Å². The van der Waals surface area contributed by atoms with Crippen LogP contribution in [0.5, 0.6) is 0 Å². The van der Waals surface area contributed by atoms with Crippen LogP contribution in [0.3, 0.4) is 0 Å². The van der Waals surface area contributed by atoms with Gasteiger partial charge in [-0.25, -0.2) is 0 Å². The van der Waals surface area contributed by atoms with E-state index in [1.807, 2.05) is 0 Å². The first kappa shape index (κ1) is 11.3. The zero-order valence-corrected chi connectivity index (χ0v) is 10.7. The fourth-order valence-electron chi connectivity index (χ4n) is 2.33. The lowest BCUT2D eigenvalue weighted by Crippen LogP contribution is -2.12. The summed E-state index contributed by atoms with van der Waals surface area (Å²) in [5, 5.41) is 1.40. The molecule has 16 heavy (non-hydrogen) atoms. The Bertz CT molecular complexity index is 486. The Morgan fingerprint density at radius 3 is 2.50 bits per heavy atom. The van der Waals surface area contributed by atoms with Crippen molar-refractivity contribution in [3.63, 3.8) is 0 Å². The van der Waals surface area contributed by atoms with Crippen LogP contribution in [0.2, 0.25) is 0 Å². The first-order valence-corrected chi connectivity index (χ1v) is 6.13. The molecule has 0 unspecified atom stereocenters. The number of H-pyrrole nitrogens is 1. The molecule has 1 aromatic carbocycles. The molecule has 1 nitrogen and oxygen atoms in total. The molecule has 0 saturated heterocycles. The average Bonchev–Trinajstić information content (AvgIpc) is 2.65. The van der Waals surface area contributed by atoms with Gasteiger partial charge in [0.05, 0.1) is 0 Å². The standard InChI is InChI=1S/C15H21N/c1-5-6-11-7-8-13(15(2,3)4)14-12(11)9-10-16-14/h7-10,16H,5-6H2,1-4H3. The molecule has 0 saturated carbocycles. The molecule has 0 atom stereocenters. The summed E-state index contributed by atoms with van der Waals surface area (Å²) in [5.41, 5.74) is 4.39. The number of hydrogen-bond donors (Lipinski definition) is 1. The summed E-state index contributed by atoms with van der Waals surface area (Å²) in [6.45, 7) is 9.03. The van der Waals surface area contributed by atoms with Gasteiger partial charge in [-0.1, -0.05) is 46.2 Å². The van der Waals surface area contributed by atoms with E-state index in [2.05, 4.69) is 57.1 Å². The van der Waals surface area contributed by atoms with Crippen LogP contribution >= 0.6 is 0 Å². The molecule has 0 aliphatic carbocycles. The second kappa shape index (κ2) is 3.97. The normalized spacial score (nSPS) is 12.2.